The summed E-state index contributed by atoms with van der Waals surface area (Å²) in [7, 11) is 0. The molecule has 0 saturated carbocycles. The van der Waals surface area contributed by atoms with Gasteiger partial charge in [-0.2, -0.15) is 18.3 Å². The second-order valence-electron chi connectivity index (χ2n) is 6.21. The van der Waals surface area contributed by atoms with Crippen LogP contribution in [0.3, 0.4) is 0 Å². The third-order valence-corrected chi connectivity index (χ3v) is 3.94. The molecule has 2 rings (SSSR count). The number of unbranched alkanes of at least 4 members (excludes halogenated alkanes) is 1. The molecule has 0 bridgehead atoms. The number of halogens is 3. The minimum Gasteiger partial charge on any atom is -0.448 e. The minimum atomic E-state index is -4.65. The van der Waals surface area contributed by atoms with Crippen LogP contribution in [0.4, 0.5) is 18.9 Å². The number of alkyl halides is 3. The number of anilines is 1. The maximum absolute atomic E-state index is 13.0. The highest BCUT2D eigenvalue weighted by Crippen LogP contribution is 2.34. The van der Waals surface area contributed by atoms with Crippen molar-refractivity contribution in [3.8, 4) is 0 Å². The van der Waals surface area contributed by atoms with E-state index in [1.165, 1.54) is 19.1 Å². The van der Waals surface area contributed by atoms with Crippen molar-refractivity contribution in [2.75, 3.05) is 5.32 Å². The van der Waals surface area contributed by atoms with Crippen molar-refractivity contribution >= 4 is 17.6 Å². The number of carbonyl (C=O) groups is 2. The molecule has 0 aliphatic carbocycles. The normalized spacial score (nSPS) is 12.3. The van der Waals surface area contributed by atoms with E-state index in [2.05, 4.69) is 10.4 Å². The lowest BCUT2D eigenvalue weighted by Gasteiger charge is -2.16. The van der Waals surface area contributed by atoms with Crippen LogP contribution in [0.25, 0.3) is 0 Å². The molecule has 29 heavy (non-hydrogen) atoms. The van der Waals surface area contributed by atoms with Gasteiger partial charge in [0, 0.05) is 12.6 Å². The van der Waals surface area contributed by atoms with E-state index in [0.717, 1.165) is 35.4 Å². The molecule has 1 unspecified atom stereocenters. The van der Waals surface area contributed by atoms with Crippen molar-refractivity contribution < 1.29 is 27.5 Å². The van der Waals surface area contributed by atoms with E-state index >= 15 is 0 Å². The molecule has 1 aromatic carbocycles. The molecule has 1 N–H and O–H groups in total. The van der Waals surface area contributed by atoms with Gasteiger partial charge in [0.25, 0.3) is 11.5 Å². The molecular weight excluding hydrogens is 391 g/mol. The fourth-order valence-electron chi connectivity index (χ4n) is 2.37. The van der Waals surface area contributed by atoms with Gasteiger partial charge in [-0.25, -0.2) is 9.48 Å². The predicted molar refractivity (Wildman–Crippen MR) is 98.4 cm³/mol. The Balaban J connectivity index is 2.09. The number of hydrogen-bond donors (Lipinski definition) is 1. The number of ether oxygens (including phenoxy) is 1. The number of nitrogens with zero attached hydrogens (tertiary/aromatic N) is 2. The molecule has 0 aliphatic heterocycles. The molecule has 7 nitrogen and oxygen atoms in total. The Morgan fingerprint density at radius 1 is 1.21 bits per heavy atom. The average molecular weight is 411 g/mol. The zero-order valence-electron chi connectivity index (χ0n) is 15.8. The lowest BCUT2D eigenvalue weighted by Crippen LogP contribution is -2.32. The first kappa shape index (κ1) is 22.1. The summed E-state index contributed by atoms with van der Waals surface area (Å²) in [5.41, 5.74) is -2.03. The van der Waals surface area contributed by atoms with E-state index < -0.39 is 35.4 Å². The molecule has 10 heteroatoms. The molecule has 0 radical (unpaired) electrons. The molecule has 0 saturated heterocycles. The first-order chi connectivity index (χ1) is 13.6. The van der Waals surface area contributed by atoms with Crippen molar-refractivity contribution in [3.05, 3.63) is 58.0 Å². The Labute approximate surface area is 164 Å². The molecule has 0 aliphatic rings. The number of para-hydroxylation sites is 1. The van der Waals surface area contributed by atoms with Crippen molar-refractivity contribution in [1.82, 2.24) is 9.78 Å². The molecular formula is C19H20F3N3O4. The average Bonchev–Trinajstić information content (AvgIpc) is 2.66. The summed E-state index contributed by atoms with van der Waals surface area (Å²) in [6, 6.07) is 6.78. The number of amides is 1. The van der Waals surface area contributed by atoms with Gasteiger partial charge in [-0.15, -0.1) is 0 Å². The number of hydrogen-bond acceptors (Lipinski definition) is 5. The van der Waals surface area contributed by atoms with E-state index in [0.29, 0.717) is 13.0 Å². The van der Waals surface area contributed by atoms with Gasteiger partial charge < -0.3 is 10.1 Å². The van der Waals surface area contributed by atoms with E-state index in [-0.39, 0.29) is 11.3 Å². The Bertz CT molecular complexity index is 941. The van der Waals surface area contributed by atoms with Crippen molar-refractivity contribution in [1.29, 1.82) is 0 Å². The number of rotatable bonds is 7. The molecule has 1 amide bonds. The summed E-state index contributed by atoms with van der Waals surface area (Å²) < 4.78 is 45.2. The molecule has 0 spiro atoms. The second-order valence-corrected chi connectivity index (χ2v) is 6.21. The zero-order chi connectivity index (χ0) is 21.6. The van der Waals surface area contributed by atoms with Crippen molar-refractivity contribution in [2.45, 2.75) is 45.5 Å². The van der Waals surface area contributed by atoms with E-state index in [4.69, 9.17) is 4.74 Å². The third kappa shape index (κ3) is 5.90. The highest BCUT2D eigenvalue weighted by molar-refractivity contribution is 5.97. The van der Waals surface area contributed by atoms with Crippen LogP contribution in [-0.2, 0) is 22.3 Å². The van der Waals surface area contributed by atoms with Gasteiger partial charge in [-0.05, 0) is 31.5 Å². The van der Waals surface area contributed by atoms with Crippen molar-refractivity contribution in [3.63, 3.8) is 0 Å². The number of nitrogens with one attached hydrogen (secondary N) is 1. The van der Waals surface area contributed by atoms with Gasteiger partial charge in [-0.1, -0.05) is 25.5 Å². The SMILES string of the molecule is CCCCn1nc(C(=O)OC(C)C(=O)Nc2ccccc2C(F)(F)F)ccc1=O. The number of aryl methyl sites for hydroxylation is 1. The number of benzene rings is 1. The molecule has 1 aromatic heterocycles. The summed E-state index contributed by atoms with van der Waals surface area (Å²) in [5, 5.41) is 6.01. The summed E-state index contributed by atoms with van der Waals surface area (Å²) in [6.45, 7) is 3.47. The standard InChI is InChI=1S/C19H20F3N3O4/c1-3-4-11-25-16(26)10-9-15(24-25)18(28)29-12(2)17(27)23-14-8-6-5-7-13(14)19(20,21)22/h5-10,12H,3-4,11H2,1-2H3,(H,23,27). The van der Waals surface area contributed by atoms with E-state index in [1.807, 2.05) is 6.92 Å². The van der Waals surface area contributed by atoms with Gasteiger partial charge in [0.05, 0.1) is 11.3 Å². The number of esters is 1. The van der Waals surface area contributed by atoms with Crippen LogP contribution in [0.5, 0.6) is 0 Å². The van der Waals surface area contributed by atoms with Crippen LogP contribution in [0.1, 0.15) is 42.7 Å². The minimum absolute atomic E-state index is 0.184. The number of carbonyl (C=O) groups excluding carboxylic acids is 2. The number of aromatic nitrogens is 2. The maximum atomic E-state index is 13.0. The maximum Gasteiger partial charge on any atom is 0.418 e. The largest absolute Gasteiger partial charge is 0.448 e. The Morgan fingerprint density at radius 2 is 1.90 bits per heavy atom. The zero-order valence-corrected chi connectivity index (χ0v) is 15.8. The van der Waals surface area contributed by atoms with Crippen LogP contribution < -0.4 is 10.9 Å². The van der Waals surface area contributed by atoms with Crippen molar-refractivity contribution in [2.24, 2.45) is 0 Å². The fraction of sp³-hybridized carbons (Fsp3) is 0.368. The quantitative estimate of drug-likeness (QED) is 0.707. The van der Waals surface area contributed by atoms with Crippen LogP contribution >= 0.6 is 0 Å². The fourth-order valence-corrected chi connectivity index (χ4v) is 2.37. The van der Waals surface area contributed by atoms with Gasteiger partial charge in [0.1, 0.15) is 0 Å². The van der Waals surface area contributed by atoms with Gasteiger partial charge in [0.15, 0.2) is 11.8 Å². The summed E-state index contributed by atoms with van der Waals surface area (Å²) in [4.78, 5) is 36.1. The first-order valence-corrected chi connectivity index (χ1v) is 8.89. The molecule has 0 fully saturated rings. The topological polar surface area (TPSA) is 90.3 Å². The van der Waals surface area contributed by atoms with Crippen LogP contribution in [0.2, 0.25) is 0 Å². The van der Waals surface area contributed by atoms with Gasteiger partial charge in [0.2, 0.25) is 0 Å². The lowest BCUT2D eigenvalue weighted by molar-refractivity contribution is -0.137. The summed E-state index contributed by atoms with van der Waals surface area (Å²) in [5.74, 6) is -1.91. The van der Waals surface area contributed by atoms with Crippen LogP contribution in [0, 0.1) is 0 Å². The highest BCUT2D eigenvalue weighted by atomic mass is 19.4. The van der Waals surface area contributed by atoms with E-state index in [9.17, 15) is 27.6 Å². The van der Waals surface area contributed by atoms with Crippen LogP contribution in [-0.4, -0.2) is 27.8 Å². The molecule has 1 atom stereocenters. The molecule has 156 valence electrons. The van der Waals surface area contributed by atoms with Crippen LogP contribution in [0.15, 0.2) is 41.2 Å². The van der Waals surface area contributed by atoms with E-state index in [1.54, 1.807) is 0 Å². The Morgan fingerprint density at radius 3 is 2.55 bits per heavy atom. The molecule has 2 aromatic rings. The summed E-state index contributed by atoms with van der Waals surface area (Å²) in [6.07, 6.45) is -4.54. The smallest absolute Gasteiger partial charge is 0.418 e. The highest BCUT2D eigenvalue weighted by Gasteiger charge is 2.34. The van der Waals surface area contributed by atoms with Gasteiger partial charge in [-0.3, -0.25) is 9.59 Å². The second kappa shape index (κ2) is 9.35. The predicted octanol–water partition coefficient (Wildman–Crippen LogP) is 3.25. The lowest BCUT2D eigenvalue weighted by atomic mass is 10.1. The van der Waals surface area contributed by atoms with Gasteiger partial charge >= 0.3 is 12.1 Å². The summed E-state index contributed by atoms with van der Waals surface area (Å²) >= 11 is 0. The molecule has 1 heterocycles. The Kier molecular flexibility index (Phi) is 7.13. The Hall–Kier alpha value is -3.17. The first-order valence-electron chi connectivity index (χ1n) is 8.89. The third-order valence-electron chi connectivity index (χ3n) is 3.94. The monoisotopic (exact) mass is 411 g/mol.